The highest BCUT2D eigenvalue weighted by atomic mass is 79.9. The molecule has 0 aromatic heterocycles. The van der Waals surface area contributed by atoms with Crippen molar-refractivity contribution in [2.24, 2.45) is 0 Å². The second-order valence-corrected chi connectivity index (χ2v) is 9.77. The standard InChI is InChI=1S/C24H18BrClN2O5S/c1-15-4-3-5-21(26)23(15)28-24(29)17(14-27)12-16-6-11-22(20(25)13-16)33-34(30,31)19-9-7-18(32-2)8-10-19/h3-13H,1-2H3,(H,28,29)/b17-12+. The molecule has 0 heterocycles. The Balaban J connectivity index is 1.81. The number of halogens is 2. The van der Waals surface area contributed by atoms with Crippen molar-refractivity contribution in [3.63, 3.8) is 0 Å². The normalized spacial score (nSPS) is 11.4. The highest BCUT2D eigenvalue weighted by Gasteiger charge is 2.19. The quantitative estimate of drug-likeness (QED) is 0.224. The number of nitriles is 1. The summed E-state index contributed by atoms with van der Waals surface area (Å²) in [5.41, 5.74) is 1.49. The van der Waals surface area contributed by atoms with Crippen LogP contribution in [0.15, 0.2) is 75.6 Å². The van der Waals surface area contributed by atoms with Crippen LogP contribution in [0.5, 0.6) is 11.5 Å². The number of nitrogens with one attached hydrogen (secondary N) is 1. The number of rotatable bonds is 7. The van der Waals surface area contributed by atoms with Gasteiger partial charge in [0, 0.05) is 0 Å². The lowest BCUT2D eigenvalue weighted by Crippen LogP contribution is -2.14. The van der Waals surface area contributed by atoms with Crippen molar-refractivity contribution in [3.8, 4) is 17.6 Å². The molecule has 0 unspecified atom stereocenters. The molecule has 34 heavy (non-hydrogen) atoms. The van der Waals surface area contributed by atoms with Crippen LogP contribution in [0.4, 0.5) is 5.69 Å². The van der Waals surface area contributed by atoms with Gasteiger partial charge in [0.25, 0.3) is 5.91 Å². The Morgan fingerprint density at radius 3 is 2.44 bits per heavy atom. The van der Waals surface area contributed by atoms with Gasteiger partial charge in [-0.1, -0.05) is 29.8 Å². The number of methoxy groups -OCH3 is 1. The third-order valence-electron chi connectivity index (χ3n) is 4.64. The third kappa shape index (κ3) is 5.97. The number of amides is 1. The number of carbonyl (C=O) groups is 1. The molecule has 0 saturated carbocycles. The molecule has 0 radical (unpaired) electrons. The maximum absolute atomic E-state index is 12.6. The minimum Gasteiger partial charge on any atom is -0.497 e. The second kappa shape index (κ2) is 10.7. The van der Waals surface area contributed by atoms with Gasteiger partial charge in [-0.05, 0) is 82.5 Å². The molecule has 1 N–H and O–H groups in total. The summed E-state index contributed by atoms with van der Waals surface area (Å²) >= 11 is 9.42. The van der Waals surface area contributed by atoms with E-state index in [-0.39, 0.29) is 16.2 Å². The van der Waals surface area contributed by atoms with Crippen molar-refractivity contribution in [1.82, 2.24) is 0 Å². The number of hydrogen-bond acceptors (Lipinski definition) is 6. The fourth-order valence-electron chi connectivity index (χ4n) is 2.87. The van der Waals surface area contributed by atoms with Crippen LogP contribution in [0.2, 0.25) is 5.02 Å². The molecule has 3 aromatic carbocycles. The molecule has 0 bridgehead atoms. The Bertz CT molecular complexity index is 1390. The van der Waals surface area contributed by atoms with Crippen molar-refractivity contribution >= 4 is 55.3 Å². The van der Waals surface area contributed by atoms with Gasteiger partial charge < -0.3 is 14.2 Å². The summed E-state index contributed by atoms with van der Waals surface area (Å²) in [5.74, 6) is -0.0712. The Morgan fingerprint density at radius 1 is 1.15 bits per heavy atom. The van der Waals surface area contributed by atoms with E-state index in [1.54, 1.807) is 25.1 Å². The predicted molar refractivity (Wildman–Crippen MR) is 133 cm³/mol. The second-order valence-electron chi connectivity index (χ2n) is 6.96. The van der Waals surface area contributed by atoms with Crippen LogP contribution in [-0.4, -0.2) is 21.4 Å². The van der Waals surface area contributed by atoms with Crippen molar-refractivity contribution in [2.75, 3.05) is 12.4 Å². The first kappa shape index (κ1) is 25.3. The third-order valence-corrected chi connectivity index (χ3v) is 6.82. The summed E-state index contributed by atoms with van der Waals surface area (Å²) in [6, 6.07) is 17.3. The number of hydrogen-bond donors (Lipinski definition) is 1. The molecule has 10 heteroatoms. The molecule has 1 amide bonds. The average molecular weight is 562 g/mol. The fraction of sp³-hybridized carbons (Fsp3) is 0.0833. The van der Waals surface area contributed by atoms with Gasteiger partial charge in [-0.2, -0.15) is 13.7 Å². The van der Waals surface area contributed by atoms with Crippen molar-refractivity contribution in [3.05, 3.63) is 86.9 Å². The molecular formula is C24H18BrClN2O5S. The van der Waals surface area contributed by atoms with E-state index in [0.717, 1.165) is 5.56 Å². The van der Waals surface area contributed by atoms with Crippen molar-refractivity contribution in [2.45, 2.75) is 11.8 Å². The topological polar surface area (TPSA) is 105 Å². The first-order valence-corrected chi connectivity index (χ1v) is 12.3. The molecule has 0 fully saturated rings. The van der Waals surface area contributed by atoms with Gasteiger partial charge in [0.15, 0.2) is 5.75 Å². The minimum absolute atomic E-state index is 0.0394. The molecule has 174 valence electrons. The van der Waals surface area contributed by atoms with E-state index < -0.39 is 16.0 Å². The summed E-state index contributed by atoms with van der Waals surface area (Å²) in [6.07, 6.45) is 1.37. The zero-order chi connectivity index (χ0) is 24.9. The van der Waals surface area contributed by atoms with Gasteiger partial charge in [0.05, 0.1) is 22.3 Å². The Hall–Kier alpha value is -3.32. The summed E-state index contributed by atoms with van der Waals surface area (Å²) < 4.78 is 35.7. The average Bonchev–Trinajstić information content (AvgIpc) is 2.81. The van der Waals surface area contributed by atoms with Gasteiger partial charge in [0.1, 0.15) is 22.3 Å². The predicted octanol–water partition coefficient (Wildman–Crippen LogP) is 5.73. The van der Waals surface area contributed by atoms with Crippen LogP contribution in [0, 0.1) is 18.3 Å². The highest BCUT2D eigenvalue weighted by molar-refractivity contribution is 9.10. The smallest absolute Gasteiger partial charge is 0.339 e. The largest absolute Gasteiger partial charge is 0.497 e. The molecule has 0 saturated heterocycles. The van der Waals surface area contributed by atoms with Crippen LogP contribution in [0.1, 0.15) is 11.1 Å². The van der Waals surface area contributed by atoms with Crippen LogP contribution < -0.4 is 14.2 Å². The highest BCUT2D eigenvalue weighted by Crippen LogP contribution is 2.30. The molecule has 0 spiro atoms. The molecule has 3 aromatic rings. The summed E-state index contributed by atoms with van der Waals surface area (Å²) in [6.45, 7) is 1.78. The molecule has 0 aliphatic carbocycles. The van der Waals surface area contributed by atoms with E-state index >= 15 is 0 Å². The van der Waals surface area contributed by atoms with E-state index in [2.05, 4.69) is 21.2 Å². The van der Waals surface area contributed by atoms with Crippen LogP contribution in [-0.2, 0) is 14.9 Å². The number of nitrogens with zero attached hydrogens (tertiary/aromatic N) is 1. The van der Waals surface area contributed by atoms with Gasteiger partial charge in [-0.15, -0.1) is 0 Å². The molecule has 7 nitrogen and oxygen atoms in total. The van der Waals surface area contributed by atoms with E-state index in [9.17, 15) is 18.5 Å². The summed E-state index contributed by atoms with van der Waals surface area (Å²) in [5, 5.41) is 12.5. The Morgan fingerprint density at radius 2 is 1.85 bits per heavy atom. The van der Waals surface area contributed by atoms with Crippen LogP contribution in [0.3, 0.4) is 0 Å². The molecule has 0 aliphatic rings. The van der Waals surface area contributed by atoms with E-state index in [0.29, 0.717) is 26.5 Å². The van der Waals surface area contributed by atoms with Crippen molar-refractivity contribution in [1.29, 1.82) is 5.26 Å². The first-order chi connectivity index (χ1) is 16.1. The molecule has 0 aliphatic heterocycles. The number of aryl methyl sites for hydroxylation is 1. The summed E-state index contributed by atoms with van der Waals surface area (Å²) in [4.78, 5) is 12.6. The first-order valence-electron chi connectivity index (χ1n) is 9.71. The number of ether oxygens (including phenoxy) is 1. The maximum Gasteiger partial charge on any atom is 0.339 e. The minimum atomic E-state index is -4.09. The van der Waals surface area contributed by atoms with Gasteiger partial charge >= 0.3 is 10.1 Å². The molecule has 0 atom stereocenters. The van der Waals surface area contributed by atoms with Gasteiger partial charge in [-0.25, -0.2) is 0 Å². The lowest BCUT2D eigenvalue weighted by molar-refractivity contribution is -0.112. The van der Waals surface area contributed by atoms with Crippen molar-refractivity contribution < 1.29 is 22.1 Å². The SMILES string of the molecule is COc1ccc(S(=O)(=O)Oc2ccc(/C=C(\C#N)C(=O)Nc3c(C)cccc3Cl)cc2Br)cc1. The van der Waals surface area contributed by atoms with Crippen LogP contribution in [0.25, 0.3) is 6.08 Å². The monoisotopic (exact) mass is 560 g/mol. The number of anilines is 1. The van der Waals surface area contributed by atoms with E-state index in [1.165, 1.54) is 55.7 Å². The zero-order valence-electron chi connectivity index (χ0n) is 18.0. The Labute approximate surface area is 210 Å². The lowest BCUT2D eigenvalue weighted by Gasteiger charge is -2.11. The van der Waals surface area contributed by atoms with Crippen LogP contribution >= 0.6 is 27.5 Å². The number of carbonyl (C=O) groups excluding carboxylic acids is 1. The summed E-state index contributed by atoms with van der Waals surface area (Å²) in [7, 11) is -2.61. The number of para-hydroxylation sites is 1. The maximum atomic E-state index is 12.6. The van der Waals surface area contributed by atoms with E-state index in [4.69, 9.17) is 20.5 Å². The molecular weight excluding hydrogens is 544 g/mol. The van der Waals surface area contributed by atoms with Gasteiger partial charge in [-0.3, -0.25) is 4.79 Å². The fourth-order valence-corrected chi connectivity index (χ4v) is 4.67. The van der Waals surface area contributed by atoms with Gasteiger partial charge in [0.2, 0.25) is 0 Å². The van der Waals surface area contributed by atoms with E-state index in [1.807, 2.05) is 6.07 Å². The number of benzene rings is 3. The molecule has 3 rings (SSSR count). The lowest BCUT2D eigenvalue weighted by atomic mass is 10.1. The Kier molecular flexibility index (Phi) is 7.99. The zero-order valence-corrected chi connectivity index (χ0v) is 21.2.